The maximum Gasteiger partial charge on any atom is 0.226 e. The summed E-state index contributed by atoms with van der Waals surface area (Å²) in [6.07, 6.45) is 9.31. The molecule has 0 saturated carbocycles. The van der Waals surface area contributed by atoms with Crippen LogP contribution in [0.3, 0.4) is 0 Å². The van der Waals surface area contributed by atoms with Gasteiger partial charge in [0.25, 0.3) is 0 Å². The smallest absolute Gasteiger partial charge is 0.226 e. The van der Waals surface area contributed by atoms with E-state index in [1.807, 2.05) is 41.4 Å². The van der Waals surface area contributed by atoms with E-state index in [9.17, 15) is 4.79 Å². The Morgan fingerprint density at radius 3 is 2.46 bits per heavy atom. The molecule has 4 rings (SSSR count). The van der Waals surface area contributed by atoms with Crippen LogP contribution in [0.1, 0.15) is 30.5 Å². The normalized spacial score (nSPS) is 21.6. The minimum Gasteiger partial charge on any atom is -0.334 e. The molecule has 0 aliphatic carbocycles. The fourth-order valence-electron chi connectivity index (χ4n) is 4.44. The third-order valence-electron chi connectivity index (χ3n) is 6.04. The lowest BCUT2D eigenvalue weighted by atomic mass is 9.81. The molecule has 1 fully saturated rings. The Balaban J connectivity index is 1.35. The first-order valence-electron chi connectivity index (χ1n) is 10.4. The van der Waals surface area contributed by atoms with Gasteiger partial charge in [0.15, 0.2) is 0 Å². The minimum atomic E-state index is 0.125. The molecule has 4 nitrogen and oxygen atoms in total. The highest BCUT2D eigenvalue weighted by Crippen LogP contribution is 2.31. The van der Waals surface area contributed by atoms with Crippen LogP contribution in [0.25, 0.3) is 0 Å². The maximum atomic E-state index is 13.3. The van der Waals surface area contributed by atoms with Gasteiger partial charge in [-0.15, -0.1) is 0 Å². The first-order valence-corrected chi connectivity index (χ1v) is 10.4. The summed E-state index contributed by atoms with van der Waals surface area (Å²) in [6, 6.07) is 16.4. The predicted octanol–water partition coefficient (Wildman–Crippen LogP) is 3.90. The van der Waals surface area contributed by atoms with Gasteiger partial charge in [0, 0.05) is 31.7 Å². The molecule has 1 unspecified atom stereocenters. The molecule has 2 aliphatic heterocycles. The Morgan fingerprint density at radius 2 is 1.71 bits per heavy atom. The van der Waals surface area contributed by atoms with E-state index < -0.39 is 0 Å². The highest BCUT2D eigenvalue weighted by Gasteiger charge is 2.34. The van der Waals surface area contributed by atoms with E-state index in [1.54, 1.807) is 0 Å². The van der Waals surface area contributed by atoms with Crippen molar-refractivity contribution < 1.29 is 4.79 Å². The zero-order valence-corrected chi connectivity index (χ0v) is 16.4. The molecule has 0 spiro atoms. The number of nitrogens with zero attached hydrogens (tertiary/aromatic N) is 3. The van der Waals surface area contributed by atoms with Crippen molar-refractivity contribution in [2.75, 3.05) is 19.6 Å². The zero-order chi connectivity index (χ0) is 19.2. The molecule has 28 heavy (non-hydrogen) atoms. The summed E-state index contributed by atoms with van der Waals surface area (Å²) in [5.74, 6) is 0.935. The van der Waals surface area contributed by atoms with Crippen LogP contribution in [0.15, 0.2) is 66.9 Å². The van der Waals surface area contributed by atoms with Crippen LogP contribution >= 0.6 is 0 Å². The van der Waals surface area contributed by atoms with Crippen molar-refractivity contribution in [3.8, 4) is 0 Å². The van der Waals surface area contributed by atoms with E-state index in [2.05, 4.69) is 40.2 Å². The van der Waals surface area contributed by atoms with Crippen LogP contribution in [0.2, 0.25) is 0 Å². The van der Waals surface area contributed by atoms with E-state index in [-0.39, 0.29) is 5.92 Å². The summed E-state index contributed by atoms with van der Waals surface area (Å²) in [7, 11) is 0. The summed E-state index contributed by atoms with van der Waals surface area (Å²) in [5, 5.41) is 0. The molecule has 1 saturated heterocycles. The minimum absolute atomic E-state index is 0.125. The Kier molecular flexibility index (Phi) is 6.17. The number of carbonyl (C=O) groups excluding carboxylic acids is 1. The molecule has 2 aromatic rings. The molecule has 146 valence electrons. The van der Waals surface area contributed by atoms with Crippen LogP contribution < -0.4 is 0 Å². The molecular weight excluding hydrogens is 346 g/mol. The van der Waals surface area contributed by atoms with Gasteiger partial charge >= 0.3 is 0 Å². The van der Waals surface area contributed by atoms with Crippen molar-refractivity contribution >= 4 is 5.91 Å². The lowest BCUT2D eigenvalue weighted by Crippen LogP contribution is -2.42. The number of rotatable bonds is 5. The highest BCUT2D eigenvalue weighted by atomic mass is 16.2. The van der Waals surface area contributed by atoms with Gasteiger partial charge in [-0.1, -0.05) is 48.6 Å². The second-order valence-electron chi connectivity index (χ2n) is 7.95. The van der Waals surface area contributed by atoms with E-state index in [1.165, 1.54) is 5.56 Å². The number of amides is 1. The molecule has 1 atom stereocenters. The largest absolute Gasteiger partial charge is 0.334 e. The predicted molar refractivity (Wildman–Crippen MR) is 111 cm³/mol. The number of likely N-dealkylation sites (tertiary alicyclic amines) is 1. The third-order valence-corrected chi connectivity index (χ3v) is 6.04. The second kappa shape index (κ2) is 9.16. The lowest BCUT2D eigenvalue weighted by molar-refractivity contribution is -0.137. The van der Waals surface area contributed by atoms with E-state index in [0.717, 1.165) is 51.1 Å². The Hall–Kier alpha value is -2.46. The van der Waals surface area contributed by atoms with E-state index >= 15 is 0 Å². The van der Waals surface area contributed by atoms with Crippen molar-refractivity contribution in [2.45, 2.75) is 32.4 Å². The van der Waals surface area contributed by atoms with Gasteiger partial charge in [-0.25, -0.2) is 0 Å². The summed E-state index contributed by atoms with van der Waals surface area (Å²) < 4.78 is 0. The number of hydrogen-bond acceptors (Lipinski definition) is 3. The van der Waals surface area contributed by atoms with Crippen LogP contribution in [0.4, 0.5) is 0 Å². The van der Waals surface area contributed by atoms with Crippen LogP contribution in [0.5, 0.6) is 0 Å². The first-order chi connectivity index (χ1) is 13.8. The number of pyridine rings is 1. The van der Waals surface area contributed by atoms with E-state index in [4.69, 9.17) is 0 Å². The molecule has 4 heteroatoms. The van der Waals surface area contributed by atoms with Crippen molar-refractivity contribution in [1.29, 1.82) is 0 Å². The Bertz CT molecular complexity index is 782. The standard InChI is InChI=1S/C24H29N3O/c28-24-23(11-5-7-15-27(24)18-20-8-2-1-3-9-20)21-12-16-26(17-13-21)19-22-10-4-6-14-25-22/h1-10,14,21,23H,11-13,15-19H2. The van der Waals surface area contributed by atoms with Gasteiger partial charge in [-0.3, -0.25) is 14.7 Å². The van der Waals surface area contributed by atoms with Crippen molar-refractivity contribution in [1.82, 2.24) is 14.8 Å². The van der Waals surface area contributed by atoms with Crippen LogP contribution in [0, 0.1) is 11.8 Å². The number of aromatic nitrogens is 1. The Morgan fingerprint density at radius 1 is 0.929 bits per heavy atom. The maximum absolute atomic E-state index is 13.3. The van der Waals surface area contributed by atoms with Crippen LogP contribution in [-0.4, -0.2) is 40.3 Å². The van der Waals surface area contributed by atoms with Crippen molar-refractivity contribution in [2.24, 2.45) is 11.8 Å². The van der Waals surface area contributed by atoms with Gasteiger partial charge in [-0.2, -0.15) is 0 Å². The third kappa shape index (κ3) is 4.68. The highest BCUT2D eigenvalue weighted by molar-refractivity contribution is 5.80. The summed E-state index contributed by atoms with van der Waals surface area (Å²) >= 11 is 0. The fraction of sp³-hybridized carbons (Fsp3) is 0.417. The lowest BCUT2D eigenvalue weighted by Gasteiger charge is -2.36. The van der Waals surface area contributed by atoms with Crippen molar-refractivity contribution in [3.05, 3.63) is 78.1 Å². The fourth-order valence-corrected chi connectivity index (χ4v) is 4.44. The molecule has 0 bridgehead atoms. The van der Waals surface area contributed by atoms with Gasteiger partial charge in [-0.05, 0) is 56.0 Å². The molecule has 1 aromatic heterocycles. The van der Waals surface area contributed by atoms with Gasteiger partial charge in [0.1, 0.15) is 0 Å². The second-order valence-corrected chi connectivity index (χ2v) is 7.95. The number of carbonyl (C=O) groups is 1. The van der Waals surface area contributed by atoms with Crippen molar-refractivity contribution in [3.63, 3.8) is 0 Å². The summed E-state index contributed by atoms with van der Waals surface area (Å²) in [4.78, 5) is 22.2. The molecule has 1 aromatic carbocycles. The molecular formula is C24H29N3O. The number of hydrogen-bond donors (Lipinski definition) is 0. The SMILES string of the molecule is O=C1C(C2CCN(Cc3ccccn3)CC2)CC=CCN1Cc1ccccc1. The number of benzene rings is 1. The van der Waals surface area contributed by atoms with E-state index in [0.29, 0.717) is 18.4 Å². The quantitative estimate of drug-likeness (QED) is 0.744. The summed E-state index contributed by atoms with van der Waals surface area (Å²) in [5.41, 5.74) is 2.33. The molecule has 2 aliphatic rings. The molecule has 3 heterocycles. The molecule has 1 amide bonds. The van der Waals surface area contributed by atoms with Gasteiger partial charge < -0.3 is 4.90 Å². The zero-order valence-electron chi connectivity index (χ0n) is 16.4. The van der Waals surface area contributed by atoms with Gasteiger partial charge in [0.05, 0.1) is 5.69 Å². The topological polar surface area (TPSA) is 36.4 Å². The van der Waals surface area contributed by atoms with Crippen LogP contribution in [-0.2, 0) is 17.9 Å². The molecule has 0 N–H and O–H groups in total. The number of allylic oxidation sites excluding steroid dienone is 1. The average molecular weight is 376 g/mol. The summed E-state index contributed by atoms with van der Waals surface area (Å²) in [6.45, 7) is 4.44. The average Bonchev–Trinajstić information content (AvgIpc) is 2.92. The monoisotopic (exact) mass is 375 g/mol. The first kappa shape index (κ1) is 18.9. The number of piperidine rings is 1. The Labute approximate surface area is 167 Å². The van der Waals surface area contributed by atoms with Gasteiger partial charge in [0.2, 0.25) is 5.91 Å². The molecule has 0 radical (unpaired) electrons.